The molecule has 1 N–H and O–H groups in total. The summed E-state index contributed by atoms with van der Waals surface area (Å²) in [5.41, 5.74) is 2.23. The van der Waals surface area contributed by atoms with Crippen molar-refractivity contribution in [3.05, 3.63) is 65.7 Å². The Morgan fingerprint density at radius 2 is 1.76 bits per heavy atom. The Hall–Kier alpha value is -1.94. The molecule has 0 bridgehead atoms. The molecular weight excluding hydrogens is 284 g/mol. The number of thioether (sulfide) groups is 1. The number of hydrogen-bond acceptors (Lipinski definition) is 3. The van der Waals surface area contributed by atoms with Crippen LogP contribution in [0.4, 0.5) is 0 Å². The molecule has 0 amide bonds. The number of benzene rings is 2. The van der Waals surface area contributed by atoms with E-state index in [1.807, 2.05) is 54.6 Å². The van der Waals surface area contributed by atoms with Gasteiger partial charge in [0.05, 0.1) is 5.25 Å². The third-order valence-corrected chi connectivity index (χ3v) is 4.22. The summed E-state index contributed by atoms with van der Waals surface area (Å²) in [4.78, 5) is 10.8. The van der Waals surface area contributed by atoms with Crippen LogP contribution in [0.5, 0.6) is 5.75 Å². The van der Waals surface area contributed by atoms with E-state index in [2.05, 4.69) is 0 Å². The quantitative estimate of drug-likeness (QED) is 0.840. The molecule has 0 aliphatic heterocycles. The van der Waals surface area contributed by atoms with E-state index in [9.17, 15) is 4.79 Å². The zero-order chi connectivity index (χ0) is 15.1. The van der Waals surface area contributed by atoms with E-state index < -0.39 is 5.97 Å². The first-order valence-corrected chi connectivity index (χ1v) is 7.80. The highest BCUT2D eigenvalue weighted by molar-refractivity contribution is 7.99. The van der Waals surface area contributed by atoms with Crippen molar-refractivity contribution in [3.63, 3.8) is 0 Å². The van der Waals surface area contributed by atoms with Crippen molar-refractivity contribution in [2.75, 3.05) is 0 Å². The lowest BCUT2D eigenvalue weighted by Gasteiger charge is -2.08. The molecule has 0 saturated carbocycles. The van der Waals surface area contributed by atoms with Crippen molar-refractivity contribution in [3.8, 4) is 5.75 Å². The summed E-state index contributed by atoms with van der Waals surface area (Å²) in [5.74, 6) is 0.730. The van der Waals surface area contributed by atoms with Crippen molar-refractivity contribution in [1.29, 1.82) is 0 Å². The predicted octanol–water partition coefficient (Wildman–Crippen LogP) is 3.97. The second kappa shape index (κ2) is 7.74. The Balaban J connectivity index is 1.83. The highest BCUT2D eigenvalue weighted by atomic mass is 32.2. The number of carbonyl (C=O) groups is 1. The summed E-state index contributed by atoms with van der Waals surface area (Å²) in [6.07, 6.45) is 0. The van der Waals surface area contributed by atoms with E-state index in [0.29, 0.717) is 12.4 Å². The van der Waals surface area contributed by atoms with Gasteiger partial charge in [-0.3, -0.25) is 4.79 Å². The van der Waals surface area contributed by atoms with Crippen molar-refractivity contribution in [2.45, 2.75) is 24.5 Å². The highest BCUT2D eigenvalue weighted by Gasteiger charge is 2.10. The zero-order valence-corrected chi connectivity index (χ0v) is 12.7. The lowest BCUT2D eigenvalue weighted by Crippen LogP contribution is -2.11. The van der Waals surface area contributed by atoms with Crippen LogP contribution in [-0.2, 0) is 17.2 Å². The van der Waals surface area contributed by atoms with E-state index in [1.165, 1.54) is 11.8 Å². The van der Waals surface area contributed by atoms with Gasteiger partial charge in [0.1, 0.15) is 12.4 Å². The molecule has 1 atom stereocenters. The first kappa shape index (κ1) is 15.4. The molecule has 0 saturated heterocycles. The van der Waals surface area contributed by atoms with Crippen LogP contribution in [-0.4, -0.2) is 16.3 Å². The number of rotatable bonds is 7. The number of ether oxygens (including phenoxy) is 1. The smallest absolute Gasteiger partial charge is 0.316 e. The maximum absolute atomic E-state index is 10.8. The molecule has 0 aromatic heterocycles. The molecule has 0 aliphatic carbocycles. The molecule has 0 aliphatic rings. The van der Waals surface area contributed by atoms with Gasteiger partial charge in [-0.25, -0.2) is 0 Å². The third kappa shape index (κ3) is 5.16. The minimum Gasteiger partial charge on any atom is -0.489 e. The minimum atomic E-state index is -0.775. The van der Waals surface area contributed by atoms with Gasteiger partial charge in [-0.2, -0.15) is 0 Å². The van der Waals surface area contributed by atoms with Gasteiger partial charge >= 0.3 is 5.97 Å². The van der Waals surface area contributed by atoms with E-state index in [-0.39, 0.29) is 5.25 Å². The Morgan fingerprint density at radius 3 is 2.38 bits per heavy atom. The summed E-state index contributed by atoms with van der Waals surface area (Å²) in [6, 6.07) is 17.8. The van der Waals surface area contributed by atoms with Crippen molar-refractivity contribution in [1.82, 2.24) is 0 Å². The average Bonchev–Trinajstić information content (AvgIpc) is 2.52. The Kier molecular flexibility index (Phi) is 5.69. The number of carboxylic acids is 1. The van der Waals surface area contributed by atoms with E-state index in [0.717, 1.165) is 16.9 Å². The van der Waals surface area contributed by atoms with Crippen LogP contribution in [0.2, 0.25) is 0 Å². The topological polar surface area (TPSA) is 46.5 Å². The molecule has 0 fully saturated rings. The van der Waals surface area contributed by atoms with Crippen LogP contribution in [0.3, 0.4) is 0 Å². The zero-order valence-electron chi connectivity index (χ0n) is 11.9. The summed E-state index contributed by atoms with van der Waals surface area (Å²) in [7, 11) is 0. The van der Waals surface area contributed by atoms with E-state index >= 15 is 0 Å². The van der Waals surface area contributed by atoms with E-state index in [4.69, 9.17) is 9.84 Å². The fourth-order valence-corrected chi connectivity index (χ4v) is 2.49. The predicted molar refractivity (Wildman–Crippen MR) is 85.6 cm³/mol. The molecule has 0 spiro atoms. The molecule has 110 valence electrons. The van der Waals surface area contributed by atoms with Gasteiger partial charge in [0.25, 0.3) is 0 Å². The molecular formula is C17H18O3S. The Bertz CT molecular complexity index is 566. The molecule has 21 heavy (non-hydrogen) atoms. The second-order valence-corrected chi connectivity index (χ2v) is 6.04. The maximum Gasteiger partial charge on any atom is 0.316 e. The van der Waals surface area contributed by atoms with Gasteiger partial charge in [-0.1, -0.05) is 42.5 Å². The molecule has 1 unspecified atom stereocenters. The van der Waals surface area contributed by atoms with Crippen LogP contribution < -0.4 is 4.74 Å². The standard InChI is InChI=1S/C17H18O3S/c1-13(17(18)19)21-12-15-7-9-16(10-8-15)20-11-14-5-3-2-4-6-14/h2-10,13H,11-12H2,1H3,(H,18,19). The molecule has 0 heterocycles. The third-order valence-electron chi connectivity index (χ3n) is 3.02. The normalized spacial score (nSPS) is 11.9. The van der Waals surface area contributed by atoms with Gasteiger partial charge in [-0.15, -0.1) is 11.8 Å². The lowest BCUT2D eigenvalue weighted by atomic mass is 10.2. The van der Waals surface area contributed by atoms with Crippen LogP contribution in [0.1, 0.15) is 18.1 Å². The average molecular weight is 302 g/mol. The highest BCUT2D eigenvalue weighted by Crippen LogP contribution is 2.20. The summed E-state index contributed by atoms with van der Waals surface area (Å²) in [5, 5.41) is 8.45. The first-order chi connectivity index (χ1) is 10.1. The lowest BCUT2D eigenvalue weighted by molar-refractivity contribution is -0.136. The molecule has 2 rings (SSSR count). The molecule has 2 aromatic carbocycles. The van der Waals surface area contributed by atoms with Gasteiger partial charge in [0, 0.05) is 5.75 Å². The Morgan fingerprint density at radius 1 is 1.10 bits per heavy atom. The fourth-order valence-electron chi connectivity index (χ4n) is 1.72. The molecule has 2 aromatic rings. The Labute approximate surface area is 129 Å². The monoisotopic (exact) mass is 302 g/mol. The van der Waals surface area contributed by atoms with Crippen molar-refractivity contribution < 1.29 is 14.6 Å². The van der Waals surface area contributed by atoms with E-state index in [1.54, 1.807) is 6.92 Å². The van der Waals surface area contributed by atoms with Crippen LogP contribution in [0.25, 0.3) is 0 Å². The van der Waals surface area contributed by atoms with Crippen LogP contribution in [0.15, 0.2) is 54.6 Å². The first-order valence-electron chi connectivity index (χ1n) is 6.75. The number of aliphatic carboxylic acids is 1. The fraction of sp³-hybridized carbons (Fsp3) is 0.235. The van der Waals surface area contributed by atoms with Gasteiger partial charge in [0.15, 0.2) is 0 Å². The summed E-state index contributed by atoms with van der Waals surface area (Å²) >= 11 is 1.41. The summed E-state index contributed by atoms with van der Waals surface area (Å²) in [6.45, 7) is 2.25. The number of carboxylic acid groups (broad SMARTS) is 1. The molecule has 3 nitrogen and oxygen atoms in total. The summed E-state index contributed by atoms with van der Waals surface area (Å²) < 4.78 is 5.71. The van der Waals surface area contributed by atoms with Crippen molar-refractivity contribution >= 4 is 17.7 Å². The second-order valence-electron chi connectivity index (χ2n) is 4.71. The minimum absolute atomic E-state index is 0.390. The van der Waals surface area contributed by atoms with Crippen LogP contribution >= 0.6 is 11.8 Å². The van der Waals surface area contributed by atoms with Crippen molar-refractivity contribution in [2.24, 2.45) is 0 Å². The number of hydrogen-bond donors (Lipinski definition) is 1. The van der Waals surface area contributed by atoms with Crippen LogP contribution in [0, 0.1) is 0 Å². The molecule has 0 radical (unpaired) electrons. The van der Waals surface area contributed by atoms with Gasteiger partial charge in [-0.05, 0) is 30.2 Å². The SMILES string of the molecule is CC(SCc1ccc(OCc2ccccc2)cc1)C(=O)O. The maximum atomic E-state index is 10.8. The molecule has 4 heteroatoms. The largest absolute Gasteiger partial charge is 0.489 e. The van der Waals surface area contributed by atoms with Gasteiger partial charge < -0.3 is 9.84 Å². The van der Waals surface area contributed by atoms with Gasteiger partial charge in [0.2, 0.25) is 0 Å².